The van der Waals surface area contributed by atoms with E-state index < -0.39 is 18.5 Å². The number of alkyl halides is 2. The summed E-state index contributed by atoms with van der Waals surface area (Å²) in [7, 11) is -3.78. The Kier molecular flexibility index (Phi) is 6.22. The summed E-state index contributed by atoms with van der Waals surface area (Å²) in [6, 6.07) is 4.73. The molecule has 8 heteroatoms. The van der Waals surface area contributed by atoms with Crippen LogP contribution in [0.25, 0.3) is 5.57 Å². The first kappa shape index (κ1) is 17.3. The van der Waals surface area contributed by atoms with Crippen LogP contribution in [0.5, 0.6) is 0 Å². The van der Waals surface area contributed by atoms with Crippen LogP contribution < -0.4 is 0 Å². The average molecular weight is 364 g/mol. The van der Waals surface area contributed by atoms with Crippen molar-refractivity contribution < 1.29 is 14.0 Å². The van der Waals surface area contributed by atoms with Crippen LogP contribution in [0.2, 0.25) is 10.0 Å². The molecule has 3 nitrogen and oxygen atoms in total. The quantitative estimate of drug-likeness (QED) is 0.590. The Labute approximate surface area is 131 Å². The van der Waals surface area contributed by atoms with Crippen molar-refractivity contribution in [3.63, 3.8) is 0 Å². The van der Waals surface area contributed by atoms with Crippen LogP contribution in [0.4, 0.5) is 0 Å². The van der Waals surface area contributed by atoms with Gasteiger partial charge in [-0.05, 0) is 29.3 Å². The zero-order valence-electron chi connectivity index (χ0n) is 9.82. The predicted molar refractivity (Wildman–Crippen MR) is 81.6 cm³/mol. The van der Waals surface area contributed by atoms with Crippen LogP contribution >= 0.6 is 54.0 Å². The third kappa shape index (κ3) is 5.28. The first-order valence-corrected chi connectivity index (χ1v) is 8.68. The minimum atomic E-state index is -3.78. The van der Waals surface area contributed by atoms with Crippen molar-refractivity contribution in [3.8, 4) is 0 Å². The van der Waals surface area contributed by atoms with Crippen molar-refractivity contribution in [2.24, 2.45) is 0 Å². The van der Waals surface area contributed by atoms with Crippen LogP contribution in [0.15, 0.2) is 24.8 Å². The minimum absolute atomic E-state index is 0.277. The Bertz CT molecular complexity index is 527. The monoisotopic (exact) mass is 362 g/mol. The van der Waals surface area contributed by atoms with Crippen LogP contribution in [0.3, 0.4) is 0 Å². The highest BCUT2D eigenvalue weighted by Gasteiger charge is 2.29. The zero-order valence-corrected chi connectivity index (χ0v) is 13.7. The van der Waals surface area contributed by atoms with Gasteiger partial charge in [-0.15, -0.1) is 23.2 Å². The highest BCUT2D eigenvalue weighted by atomic mass is 35.5. The lowest BCUT2D eigenvalue weighted by molar-refractivity contribution is 0.232. The molecule has 19 heavy (non-hydrogen) atoms. The Hall–Kier alpha value is 0.270. The molecule has 0 saturated heterocycles. The van der Waals surface area contributed by atoms with Crippen molar-refractivity contribution in [1.82, 2.24) is 0 Å². The van der Waals surface area contributed by atoms with Gasteiger partial charge < -0.3 is 4.89 Å². The third-order valence-electron chi connectivity index (χ3n) is 2.16. The van der Waals surface area contributed by atoms with Gasteiger partial charge in [-0.1, -0.05) is 29.8 Å². The van der Waals surface area contributed by atoms with Gasteiger partial charge in [0.15, 0.2) is 0 Å². The summed E-state index contributed by atoms with van der Waals surface area (Å²) in [6.45, 7) is 4.79. The highest BCUT2D eigenvalue weighted by Crippen LogP contribution is 2.44. The van der Waals surface area contributed by atoms with Gasteiger partial charge in [-0.2, -0.15) is 0 Å². The van der Waals surface area contributed by atoms with Gasteiger partial charge in [0.1, 0.15) is 10.9 Å². The molecular weight excluding hydrogens is 353 g/mol. The second-order valence-corrected chi connectivity index (χ2v) is 7.64. The number of hydrogen-bond acceptors (Lipinski definition) is 2. The summed E-state index contributed by atoms with van der Waals surface area (Å²) in [4.78, 5) is 8.19. The van der Waals surface area contributed by atoms with Crippen molar-refractivity contribution in [2.45, 2.75) is 10.9 Å². The van der Waals surface area contributed by atoms with Crippen molar-refractivity contribution in [1.29, 1.82) is 0 Å². The van der Waals surface area contributed by atoms with E-state index in [0.717, 1.165) is 6.66 Å². The Morgan fingerprint density at radius 1 is 1.42 bits per heavy atom. The molecule has 0 aromatic heterocycles. The normalized spacial score (nSPS) is 16.2. The minimum Gasteiger partial charge on any atom is -0.324 e. The Morgan fingerprint density at radius 3 is 2.47 bits per heavy atom. The van der Waals surface area contributed by atoms with Gasteiger partial charge in [-0.3, -0.25) is 9.09 Å². The third-order valence-corrected chi connectivity index (χ3v) is 3.80. The van der Waals surface area contributed by atoms with E-state index in [9.17, 15) is 9.46 Å². The van der Waals surface area contributed by atoms with E-state index >= 15 is 0 Å². The molecule has 0 heterocycles. The van der Waals surface area contributed by atoms with Gasteiger partial charge in [-0.25, -0.2) is 0 Å². The molecule has 1 aromatic rings. The zero-order chi connectivity index (χ0) is 14.8. The molecule has 0 aliphatic heterocycles. The van der Waals surface area contributed by atoms with Crippen molar-refractivity contribution in [2.75, 3.05) is 6.66 Å². The van der Waals surface area contributed by atoms with Crippen LogP contribution in [0.1, 0.15) is 5.56 Å². The van der Waals surface area contributed by atoms with Gasteiger partial charge in [0, 0.05) is 16.7 Å². The molecule has 106 valence electrons. The second-order valence-electron chi connectivity index (χ2n) is 3.81. The van der Waals surface area contributed by atoms with Crippen molar-refractivity contribution >= 4 is 59.6 Å². The molecule has 1 aromatic carbocycles. The SMILES string of the molecule is C=C(c1cc(Cl)ccc1Cl)C(OP(C)(=O)O)C(Cl)Cl. The molecule has 0 aliphatic rings. The molecule has 0 amide bonds. The Balaban J connectivity index is 3.13. The van der Waals surface area contributed by atoms with E-state index in [-0.39, 0.29) is 5.57 Å². The summed E-state index contributed by atoms with van der Waals surface area (Å²) < 4.78 is 16.3. The largest absolute Gasteiger partial charge is 0.325 e. The number of halogens is 4. The molecular formula is C11H11Cl4O3P. The molecule has 1 N–H and O–H groups in total. The molecule has 2 unspecified atom stereocenters. The lowest BCUT2D eigenvalue weighted by atomic mass is 10.0. The van der Waals surface area contributed by atoms with Gasteiger partial charge in [0.2, 0.25) is 0 Å². The number of hydrogen-bond donors (Lipinski definition) is 1. The lowest BCUT2D eigenvalue weighted by Crippen LogP contribution is -2.21. The maximum atomic E-state index is 11.3. The Morgan fingerprint density at radius 2 is 2.00 bits per heavy atom. The topological polar surface area (TPSA) is 46.5 Å². The fraction of sp³-hybridized carbons (Fsp3) is 0.273. The maximum Gasteiger partial charge on any atom is 0.325 e. The molecule has 1 rings (SSSR count). The molecule has 0 saturated carbocycles. The van der Waals surface area contributed by atoms with E-state index in [4.69, 9.17) is 50.9 Å². The van der Waals surface area contributed by atoms with E-state index in [2.05, 4.69) is 6.58 Å². The van der Waals surface area contributed by atoms with Crippen molar-refractivity contribution in [3.05, 3.63) is 40.4 Å². The summed E-state index contributed by atoms with van der Waals surface area (Å²) in [5, 5.41) is 0.796. The maximum absolute atomic E-state index is 11.3. The van der Waals surface area contributed by atoms with E-state index in [1.165, 1.54) is 0 Å². The van der Waals surface area contributed by atoms with E-state index in [1.807, 2.05) is 0 Å². The summed E-state index contributed by atoms with van der Waals surface area (Å²) in [6.07, 6.45) is -1.07. The molecule has 2 atom stereocenters. The summed E-state index contributed by atoms with van der Waals surface area (Å²) in [5.41, 5.74) is 0.734. The summed E-state index contributed by atoms with van der Waals surface area (Å²) in [5.74, 6) is 0. The molecule has 0 fully saturated rings. The van der Waals surface area contributed by atoms with Crippen LogP contribution in [0, 0.1) is 0 Å². The van der Waals surface area contributed by atoms with Gasteiger partial charge >= 0.3 is 7.60 Å². The molecule has 0 spiro atoms. The van der Waals surface area contributed by atoms with E-state index in [0.29, 0.717) is 15.6 Å². The molecule has 0 bridgehead atoms. The second kappa shape index (κ2) is 6.82. The van der Waals surface area contributed by atoms with Crippen LogP contribution in [-0.4, -0.2) is 22.5 Å². The summed E-state index contributed by atoms with van der Waals surface area (Å²) >= 11 is 23.4. The van der Waals surface area contributed by atoms with E-state index in [1.54, 1.807) is 18.2 Å². The number of rotatable bonds is 5. The molecule has 0 radical (unpaired) electrons. The van der Waals surface area contributed by atoms with Crippen LogP contribution in [-0.2, 0) is 9.09 Å². The van der Waals surface area contributed by atoms with Gasteiger partial charge in [0.25, 0.3) is 0 Å². The first-order chi connectivity index (χ1) is 8.61. The fourth-order valence-corrected chi connectivity index (χ4v) is 3.00. The predicted octanol–water partition coefficient (Wildman–Crippen LogP) is 5.01. The average Bonchev–Trinajstić information content (AvgIpc) is 2.27. The number of benzene rings is 1. The standard InChI is InChI=1S/C11H11Cl4O3P/c1-6(8-5-7(12)3-4-9(8)13)10(11(14)15)18-19(2,16)17/h3-5,10-11H,1H2,2H3,(H,16,17). The molecule has 0 aliphatic carbocycles. The fourth-order valence-electron chi connectivity index (χ4n) is 1.37. The van der Waals surface area contributed by atoms with Gasteiger partial charge in [0.05, 0.1) is 0 Å². The lowest BCUT2D eigenvalue weighted by Gasteiger charge is -2.23. The first-order valence-electron chi connectivity index (χ1n) is 5.03. The highest BCUT2D eigenvalue weighted by molar-refractivity contribution is 7.51. The smallest absolute Gasteiger partial charge is 0.324 e.